The van der Waals surface area contributed by atoms with Gasteiger partial charge in [0.25, 0.3) is 0 Å². The predicted molar refractivity (Wildman–Crippen MR) is 62.8 cm³/mol. The minimum atomic E-state index is -0.546. The Morgan fingerprint density at radius 2 is 2.12 bits per heavy atom. The summed E-state index contributed by atoms with van der Waals surface area (Å²) in [5.74, 6) is 0.376. The van der Waals surface area contributed by atoms with Gasteiger partial charge in [-0.15, -0.1) is 0 Å². The minimum absolute atomic E-state index is 0.145. The van der Waals surface area contributed by atoms with Crippen LogP contribution in [0.3, 0.4) is 0 Å². The highest BCUT2D eigenvalue weighted by Gasteiger charge is 2.46. The van der Waals surface area contributed by atoms with Gasteiger partial charge in [0.15, 0.2) is 5.54 Å². The van der Waals surface area contributed by atoms with Gasteiger partial charge in [-0.3, -0.25) is 0 Å². The number of carbonyl (C=O) groups excluding carboxylic acids is 1. The van der Waals surface area contributed by atoms with Crippen LogP contribution in [-0.4, -0.2) is 17.4 Å². The van der Waals surface area contributed by atoms with Gasteiger partial charge in [-0.25, -0.2) is 9.79 Å². The van der Waals surface area contributed by atoms with E-state index in [1.54, 1.807) is 11.3 Å². The number of esters is 1. The first-order chi connectivity index (χ1) is 7.80. The van der Waals surface area contributed by atoms with Crippen molar-refractivity contribution in [3.8, 4) is 0 Å². The lowest BCUT2D eigenvalue weighted by Crippen LogP contribution is -2.35. The Morgan fingerprint density at radius 1 is 1.31 bits per heavy atom. The molecule has 16 heavy (non-hydrogen) atoms. The molecule has 0 amide bonds. The highest BCUT2D eigenvalue weighted by molar-refractivity contribution is 7.08. The van der Waals surface area contributed by atoms with E-state index in [1.807, 2.05) is 16.8 Å². The molecule has 2 heterocycles. The fraction of sp³-hybridized carbons (Fsp3) is 0.500. The first-order valence-corrected chi connectivity index (χ1v) is 6.59. The largest absolute Gasteiger partial charge is 0.405 e. The van der Waals surface area contributed by atoms with Gasteiger partial charge in [0, 0.05) is 10.9 Å². The molecule has 0 unspecified atom stereocenters. The maximum atomic E-state index is 11.9. The standard InChI is InChI=1S/C12H13NO2S/c14-11-12(5-2-1-3-6-12)13-10(15-11)9-4-7-16-8-9/h4,7-8H,1-3,5-6H2. The topological polar surface area (TPSA) is 38.7 Å². The van der Waals surface area contributed by atoms with E-state index in [1.165, 1.54) is 6.42 Å². The summed E-state index contributed by atoms with van der Waals surface area (Å²) in [7, 11) is 0. The van der Waals surface area contributed by atoms with E-state index in [2.05, 4.69) is 4.99 Å². The Labute approximate surface area is 98.2 Å². The van der Waals surface area contributed by atoms with Crippen molar-refractivity contribution in [3.63, 3.8) is 0 Å². The molecule has 0 N–H and O–H groups in total. The molecule has 0 radical (unpaired) electrons. The zero-order valence-electron chi connectivity index (χ0n) is 8.94. The van der Waals surface area contributed by atoms with Crippen LogP contribution in [0.15, 0.2) is 21.8 Å². The molecule has 3 nitrogen and oxygen atoms in total. The van der Waals surface area contributed by atoms with E-state index in [9.17, 15) is 4.79 Å². The Balaban J connectivity index is 1.93. The van der Waals surface area contributed by atoms with Crippen molar-refractivity contribution in [3.05, 3.63) is 22.4 Å². The van der Waals surface area contributed by atoms with Gasteiger partial charge in [-0.05, 0) is 24.3 Å². The maximum absolute atomic E-state index is 11.9. The molecule has 1 aromatic rings. The second-order valence-corrected chi connectivity index (χ2v) is 5.19. The molecular weight excluding hydrogens is 222 g/mol. The van der Waals surface area contributed by atoms with Gasteiger partial charge >= 0.3 is 5.97 Å². The number of hydrogen-bond acceptors (Lipinski definition) is 4. The molecule has 0 atom stereocenters. The number of ether oxygens (including phenoxy) is 1. The lowest BCUT2D eigenvalue weighted by Gasteiger charge is -2.25. The van der Waals surface area contributed by atoms with Crippen LogP contribution in [0.4, 0.5) is 0 Å². The van der Waals surface area contributed by atoms with Gasteiger partial charge < -0.3 is 4.74 Å². The van der Waals surface area contributed by atoms with Crippen molar-refractivity contribution in [2.75, 3.05) is 0 Å². The summed E-state index contributed by atoms with van der Waals surface area (Å²) in [6.07, 6.45) is 5.06. The Hall–Kier alpha value is -1.16. The van der Waals surface area contributed by atoms with Crippen LogP contribution in [-0.2, 0) is 9.53 Å². The summed E-state index contributed by atoms with van der Waals surface area (Å²) >= 11 is 1.59. The van der Waals surface area contributed by atoms with Crippen molar-refractivity contribution in [1.82, 2.24) is 0 Å². The number of thiophene rings is 1. The van der Waals surface area contributed by atoms with E-state index in [0.717, 1.165) is 31.2 Å². The molecule has 4 heteroatoms. The summed E-state index contributed by atoms with van der Waals surface area (Å²) in [5.41, 5.74) is 0.385. The van der Waals surface area contributed by atoms with Crippen molar-refractivity contribution < 1.29 is 9.53 Å². The van der Waals surface area contributed by atoms with E-state index in [4.69, 9.17) is 4.74 Å². The first-order valence-electron chi connectivity index (χ1n) is 5.65. The SMILES string of the molecule is O=C1OC(c2ccsc2)=NC12CCCCC2. The molecule has 0 bridgehead atoms. The molecule has 1 saturated carbocycles. The third kappa shape index (κ3) is 1.48. The Kier molecular flexibility index (Phi) is 2.32. The van der Waals surface area contributed by atoms with Gasteiger partial charge in [0.2, 0.25) is 5.90 Å². The van der Waals surface area contributed by atoms with Crippen LogP contribution in [0, 0.1) is 0 Å². The molecule has 3 rings (SSSR count). The second kappa shape index (κ2) is 3.70. The van der Waals surface area contributed by atoms with E-state index >= 15 is 0 Å². The minimum Gasteiger partial charge on any atom is -0.405 e. The number of carbonyl (C=O) groups is 1. The van der Waals surface area contributed by atoms with Crippen molar-refractivity contribution >= 4 is 23.2 Å². The fourth-order valence-electron chi connectivity index (χ4n) is 2.41. The van der Waals surface area contributed by atoms with Gasteiger partial charge in [0.1, 0.15) is 0 Å². The van der Waals surface area contributed by atoms with Crippen LogP contribution in [0.1, 0.15) is 37.7 Å². The molecule has 1 fully saturated rings. The monoisotopic (exact) mass is 235 g/mol. The van der Waals surface area contributed by atoms with E-state index in [-0.39, 0.29) is 5.97 Å². The third-order valence-electron chi connectivity index (χ3n) is 3.33. The van der Waals surface area contributed by atoms with Crippen molar-refractivity contribution in [2.45, 2.75) is 37.6 Å². The van der Waals surface area contributed by atoms with E-state index in [0.29, 0.717) is 5.90 Å². The normalized spacial score (nSPS) is 23.2. The van der Waals surface area contributed by atoms with Crippen LogP contribution < -0.4 is 0 Å². The van der Waals surface area contributed by atoms with Crippen LogP contribution in [0.25, 0.3) is 0 Å². The van der Waals surface area contributed by atoms with Gasteiger partial charge in [-0.2, -0.15) is 11.3 Å². The van der Waals surface area contributed by atoms with Crippen molar-refractivity contribution in [2.24, 2.45) is 4.99 Å². The summed E-state index contributed by atoms with van der Waals surface area (Å²) in [6, 6.07) is 1.94. The molecule has 84 valence electrons. The zero-order valence-corrected chi connectivity index (χ0v) is 9.76. The molecule has 0 saturated heterocycles. The molecule has 1 aromatic heterocycles. The number of cyclic esters (lactones) is 1. The molecule has 1 aliphatic heterocycles. The van der Waals surface area contributed by atoms with Crippen LogP contribution >= 0.6 is 11.3 Å². The quantitative estimate of drug-likeness (QED) is 0.702. The summed E-state index contributed by atoms with van der Waals surface area (Å²) in [5, 5.41) is 3.94. The maximum Gasteiger partial charge on any atom is 0.340 e. The smallest absolute Gasteiger partial charge is 0.340 e. The predicted octanol–water partition coefficient (Wildman–Crippen LogP) is 2.75. The highest BCUT2D eigenvalue weighted by Crippen LogP contribution is 2.37. The number of rotatable bonds is 1. The van der Waals surface area contributed by atoms with Gasteiger partial charge in [-0.1, -0.05) is 19.3 Å². The number of nitrogens with zero attached hydrogens (tertiary/aromatic N) is 1. The highest BCUT2D eigenvalue weighted by atomic mass is 32.1. The Morgan fingerprint density at radius 3 is 2.81 bits per heavy atom. The number of hydrogen-bond donors (Lipinski definition) is 0. The number of aliphatic imine (C=N–C) groups is 1. The molecular formula is C12H13NO2S. The third-order valence-corrected chi connectivity index (χ3v) is 4.02. The van der Waals surface area contributed by atoms with Crippen LogP contribution in [0.5, 0.6) is 0 Å². The molecule has 1 spiro atoms. The summed E-state index contributed by atoms with van der Waals surface area (Å²) in [6.45, 7) is 0. The molecule has 0 aromatic carbocycles. The lowest BCUT2D eigenvalue weighted by atomic mass is 9.83. The van der Waals surface area contributed by atoms with Crippen molar-refractivity contribution in [1.29, 1.82) is 0 Å². The fourth-order valence-corrected chi connectivity index (χ4v) is 3.04. The lowest BCUT2D eigenvalue weighted by molar-refractivity contribution is -0.140. The van der Waals surface area contributed by atoms with E-state index < -0.39 is 5.54 Å². The average Bonchev–Trinajstić information content (AvgIpc) is 2.90. The molecule has 1 aliphatic carbocycles. The average molecular weight is 235 g/mol. The van der Waals surface area contributed by atoms with Gasteiger partial charge in [0.05, 0.1) is 0 Å². The zero-order chi connectivity index (χ0) is 11.0. The first kappa shape index (κ1) is 10.0. The summed E-state index contributed by atoms with van der Waals surface area (Å²) in [4.78, 5) is 16.5. The van der Waals surface area contributed by atoms with Crippen LogP contribution in [0.2, 0.25) is 0 Å². The second-order valence-electron chi connectivity index (χ2n) is 4.41. The molecule has 2 aliphatic rings. The Bertz CT molecular complexity index is 430. The summed E-state index contributed by atoms with van der Waals surface area (Å²) < 4.78 is 5.32.